The minimum atomic E-state index is -4.83. The van der Waals surface area contributed by atoms with Gasteiger partial charge in [0, 0.05) is 42.4 Å². The Morgan fingerprint density at radius 2 is 1.80 bits per heavy atom. The fraction of sp³-hybridized carbons (Fsp3) is 0.344. The second-order valence-electron chi connectivity index (χ2n) is 11.4. The van der Waals surface area contributed by atoms with Crippen LogP contribution in [0.5, 0.6) is 0 Å². The SMILES string of the molecule is CC(=O)OC(F)(F)F.O=C1CN2c3cccc(c3)[C@@H](n3cnc(-c4cc(Cl)ccc4-n4cc(Cl)nn4)cc3=O)CCCCCNC(=O)C2CN1. The highest BCUT2D eigenvalue weighted by Crippen LogP contribution is 2.31. The zero-order chi connectivity index (χ0) is 36.0. The van der Waals surface area contributed by atoms with Crippen molar-refractivity contribution >= 4 is 46.7 Å². The van der Waals surface area contributed by atoms with Gasteiger partial charge in [0.2, 0.25) is 11.8 Å². The van der Waals surface area contributed by atoms with Gasteiger partial charge in [0.25, 0.3) is 5.56 Å². The summed E-state index contributed by atoms with van der Waals surface area (Å²) in [5.74, 6) is -1.60. The molecule has 2 aromatic carbocycles. The minimum Gasteiger partial charge on any atom is -0.373 e. The molecule has 2 aromatic heterocycles. The number of aromatic nitrogens is 5. The van der Waals surface area contributed by atoms with Crippen LogP contribution in [0, 0.1) is 0 Å². The quantitative estimate of drug-likeness (QED) is 0.291. The van der Waals surface area contributed by atoms with Crippen molar-refractivity contribution in [2.45, 2.75) is 51.1 Å². The standard InChI is InChI=1S/C29H28Cl2N8O3.C3H3F3O2/c30-19-8-9-24(39-15-26(31)35-36-39)21(12-19)22-13-28(41)38(17-34-22)23-7-2-1-3-10-32-29(42)25-14-33-27(40)16-37(25)20-6-4-5-18(23)11-20;1-2(7)8-3(4,5)6/h4-6,8-9,11-13,15,17,23,25H,1-3,7,10,14,16H2,(H,32,42)(H,33,40);1H3/t23-,25?;/m0./s1. The van der Waals surface area contributed by atoms with Crippen molar-refractivity contribution in [2.24, 2.45) is 0 Å². The first-order valence-corrected chi connectivity index (χ1v) is 16.2. The fourth-order valence-electron chi connectivity index (χ4n) is 5.72. The Labute approximate surface area is 293 Å². The lowest BCUT2D eigenvalue weighted by Gasteiger charge is -2.36. The van der Waals surface area contributed by atoms with Crippen LogP contribution in [-0.4, -0.2) is 74.4 Å². The molecule has 0 saturated carbocycles. The van der Waals surface area contributed by atoms with Crippen LogP contribution in [0.25, 0.3) is 16.9 Å². The van der Waals surface area contributed by atoms with E-state index in [1.165, 1.54) is 10.7 Å². The third kappa shape index (κ3) is 9.18. The molecule has 2 amide bonds. The van der Waals surface area contributed by atoms with Gasteiger partial charge in [-0.3, -0.25) is 23.7 Å². The number of carbonyl (C=O) groups excluding carboxylic acids is 3. The summed E-state index contributed by atoms with van der Waals surface area (Å²) in [6.07, 6.45) is 1.54. The third-order valence-corrected chi connectivity index (χ3v) is 8.31. The summed E-state index contributed by atoms with van der Waals surface area (Å²) < 4.78 is 38.5. The average Bonchev–Trinajstić information content (AvgIpc) is 3.49. The number of nitrogens with one attached hydrogen (secondary N) is 2. The number of hydrogen-bond acceptors (Lipinski definition) is 9. The molecule has 1 fully saturated rings. The number of piperazine rings is 1. The van der Waals surface area contributed by atoms with Gasteiger partial charge in [-0.25, -0.2) is 9.67 Å². The molecule has 0 spiro atoms. The maximum atomic E-state index is 13.7. The van der Waals surface area contributed by atoms with E-state index in [-0.39, 0.29) is 41.7 Å². The van der Waals surface area contributed by atoms with E-state index in [0.29, 0.717) is 41.9 Å². The second-order valence-corrected chi connectivity index (χ2v) is 12.2. The Morgan fingerprint density at radius 1 is 1.00 bits per heavy atom. The van der Waals surface area contributed by atoms with Crippen LogP contribution in [0.3, 0.4) is 0 Å². The summed E-state index contributed by atoms with van der Waals surface area (Å²) >= 11 is 12.3. The lowest BCUT2D eigenvalue weighted by molar-refractivity contribution is -0.304. The topological polar surface area (TPSA) is 153 Å². The summed E-state index contributed by atoms with van der Waals surface area (Å²) in [7, 11) is 0. The van der Waals surface area contributed by atoms with E-state index in [1.54, 1.807) is 35.3 Å². The fourth-order valence-corrected chi connectivity index (χ4v) is 6.02. The van der Waals surface area contributed by atoms with Crippen LogP contribution < -0.4 is 21.1 Å². The van der Waals surface area contributed by atoms with Gasteiger partial charge >= 0.3 is 12.3 Å². The molecule has 50 heavy (non-hydrogen) atoms. The molecule has 2 aliphatic rings. The van der Waals surface area contributed by atoms with E-state index in [4.69, 9.17) is 23.2 Å². The highest BCUT2D eigenvalue weighted by atomic mass is 35.5. The predicted octanol–water partition coefficient (Wildman–Crippen LogP) is 4.45. The van der Waals surface area contributed by atoms with E-state index in [9.17, 15) is 32.3 Å². The van der Waals surface area contributed by atoms with Crippen LogP contribution in [0.4, 0.5) is 18.9 Å². The van der Waals surface area contributed by atoms with Crippen LogP contribution in [0.2, 0.25) is 10.2 Å². The number of rotatable bonds is 3. The highest BCUT2D eigenvalue weighted by Gasteiger charge is 2.33. The first-order valence-electron chi connectivity index (χ1n) is 15.4. The normalized spacial score (nSPS) is 18.2. The zero-order valence-corrected chi connectivity index (χ0v) is 28.0. The van der Waals surface area contributed by atoms with Crippen molar-refractivity contribution in [3.63, 3.8) is 0 Å². The van der Waals surface area contributed by atoms with Gasteiger partial charge in [0.1, 0.15) is 6.04 Å². The van der Waals surface area contributed by atoms with Gasteiger partial charge in [0.05, 0.1) is 36.5 Å². The Bertz CT molecular complexity index is 1940. The van der Waals surface area contributed by atoms with Crippen molar-refractivity contribution < 1.29 is 32.3 Å². The summed E-state index contributed by atoms with van der Waals surface area (Å²) in [6.45, 7) is 1.54. The molecule has 0 aliphatic carbocycles. The van der Waals surface area contributed by atoms with Gasteiger partial charge in [-0.2, -0.15) is 0 Å². The van der Waals surface area contributed by atoms with Gasteiger partial charge in [-0.15, -0.1) is 18.3 Å². The van der Waals surface area contributed by atoms with Crippen molar-refractivity contribution in [1.82, 2.24) is 35.2 Å². The molecule has 6 rings (SSSR count). The molecule has 2 N–H and O–H groups in total. The number of benzene rings is 2. The summed E-state index contributed by atoms with van der Waals surface area (Å²) in [4.78, 5) is 55.0. The number of hydrogen-bond donors (Lipinski definition) is 2. The molecule has 4 aromatic rings. The molecule has 1 unspecified atom stereocenters. The van der Waals surface area contributed by atoms with E-state index >= 15 is 0 Å². The van der Waals surface area contributed by atoms with E-state index < -0.39 is 18.4 Å². The number of anilines is 1. The molecule has 4 heterocycles. The number of ether oxygens (including phenoxy) is 1. The zero-order valence-electron chi connectivity index (χ0n) is 26.5. The van der Waals surface area contributed by atoms with Gasteiger partial charge < -0.3 is 20.3 Å². The van der Waals surface area contributed by atoms with Gasteiger partial charge in [-0.1, -0.05) is 53.4 Å². The molecule has 1 saturated heterocycles. The Morgan fingerprint density at radius 3 is 2.48 bits per heavy atom. The number of esters is 1. The Balaban J connectivity index is 0.000000544. The number of fused-ring (bicyclic) bond motifs is 4. The molecule has 264 valence electrons. The van der Waals surface area contributed by atoms with Crippen molar-refractivity contribution in [3.05, 3.63) is 87.1 Å². The summed E-state index contributed by atoms with van der Waals surface area (Å²) in [6, 6.07) is 13.6. The van der Waals surface area contributed by atoms with E-state index in [2.05, 4.69) is 30.7 Å². The number of amides is 2. The maximum Gasteiger partial charge on any atom is 0.575 e. The maximum absolute atomic E-state index is 13.7. The first-order chi connectivity index (χ1) is 23.8. The molecular formula is C32H31Cl2F3N8O5. The number of nitrogens with zero attached hydrogens (tertiary/aromatic N) is 6. The molecule has 2 bridgehead atoms. The van der Waals surface area contributed by atoms with E-state index in [1.807, 2.05) is 29.2 Å². The molecule has 0 radical (unpaired) electrons. The molecule has 13 nitrogen and oxygen atoms in total. The third-order valence-electron chi connectivity index (χ3n) is 7.90. The first kappa shape index (κ1) is 36.3. The minimum absolute atomic E-state index is 0.0708. The summed E-state index contributed by atoms with van der Waals surface area (Å²) in [5, 5.41) is 14.4. The number of alkyl halides is 3. The molecule has 18 heteroatoms. The van der Waals surface area contributed by atoms with Crippen molar-refractivity contribution in [1.29, 1.82) is 0 Å². The number of halogens is 5. The molecular weight excluding hydrogens is 704 g/mol. The Hall–Kier alpha value is -4.96. The highest BCUT2D eigenvalue weighted by molar-refractivity contribution is 6.31. The van der Waals surface area contributed by atoms with E-state index in [0.717, 1.165) is 30.5 Å². The van der Waals surface area contributed by atoms with Crippen molar-refractivity contribution in [2.75, 3.05) is 24.5 Å². The lowest BCUT2D eigenvalue weighted by atomic mass is 9.98. The second kappa shape index (κ2) is 15.7. The number of carbonyl (C=O) groups is 3. The monoisotopic (exact) mass is 734 g/mol. The largest absolute Gasteiger partial charge is 0.575 e. The predicted molar refractivity (Wildman–Crippen MR) is 177 cm³/mol. The molecule has 2 aliphatic heterocycles. The van der Waals surface area contributed by atoms with Crippen LogP contribution in [-0.2, 0) is 19.1 Å². The average molecular weight is 736 g/mol. The van der Waals surface area contributed by atoms with Crippen LogP contribution in [0.15, 0.2) is 65.8 Å². The summed E-state index contributed by atoms with van der Waals surface area (Å²) in [5.41, 5.74) is 3.09. The van der Waals surface area contributed by atoms with Crippen LogP contribution >= 0.6 is 23.2 Å². The smallest absolute Gasteiger partial charge is 0.373 e. The van der Waals surface area contributed by atoms with Crippen molar-refractivity contribution in [3.8, 4) is 16.9 Å². The molecule has 2 atom stereocenters. The van der Waals surface area contributed by atoms with Gasteiger partial charge in [-0.05, 0) is 48.7 Å². The Kier molecular flexibility index (Phi) is 11.4. The van der Waals surface area contributed by atoms with Crippen LogP contribution in [0.1, 0.15) is 44.2 Å². The van der Waals surface area contributed by atoms with Gasteiger partial charge in [0.15, 0.2) is 5.15 Å². The lowest BCUT2D eigenvalue weighted by Crippen LogP contribution is -2.60.